The predicted octanol–water partition coefficient (Wildman–Crippen LogP) is 3.85. The van der Waals surface area contributed by atoms with E-state index in [4.69, 9.17) is 19.9 Å². The number of ether oxygens (including phenoxy) is 3. The molecule has 0 bridgehead atoms. The number of nitrogens with two attached hydrogens (primary N) is 1. The number of benzene rings is 2. The van der Waals surface area contributed by atoms with Crippen LogP contribution in [0.2, 0.25) is 0 Å². The molecule has 3 atom stereocenters. The maximum Gasteiger partial charge on any atom is 0.257 e. The van der Waals surface area contributed by atoms with Gasteiger partial charge in [0.2, 0.25) is 0 Å². The molecule has 0 saturated carbocycles. The Morgan fingerprint density at radius 3 is 2.42 bits per heavy atom. The molecule has 3 rings (SSSR count). The number of hydrogen-bond acceptors (Lipinski definition) is 5. The minimum Gasteiger partial charge on any atom is -0.497 e. The van der Waals surface area contributed by atoms with Crippen molar-refractivity contribution < 1.29 is 19.0 Å². The molecule has 166 valence electrons. The van der Waals surface area contributed by atoms with Crippen LogP contribution in [0.1, 0.15) is 37.4 Å². The number of allylic oxidation sites excluding steroid dienone is 1. The van der Waals surface area contributed by atoms with Gasteiger partial charge in [0.25, 0.3) is 5.91 Å². The lowest BCUT2D eigenvalue weighted by atomic mass is 9.81. The molecule has 0 aromatic heterocycles. The Hall–Kier alpha value is -2.99. The van der Waals surface area contributed by atoms with Crippen LogP contribution in [0.25, 0.3) is 0 Å². The minimum absolute atomic E-state index is 0.0140. The molecule has 1 aliphatic rings. The number of carbonyl (C=O) groups is 1. The van der Waals surface area contributed by atoms with Crippen LogP contribution in [0.4, 0.5) is 0 Å². The SMILES string of the molecule is COc1ccc(C(N)c2ccc(OCC(=O)NCC(C)C3=C[C@@H](C)C3)cc2)c(OC)c1. The first-order valence-corrected chi connectivity index (χ1v) is 10.6. The lowest BCUT2D eigenvalue weighted by molar-refractivity contribution is -0.123. The lowest BCUT2D eigenvalue weighted by Crippen LogP contribution is -2.34. The highest BCUT2D eigenvalue weighted by Crippen LogP contribution is 2.32. The van der Waals surface area contributed by atoms with E-state index in [-0.39, 0.29) is 18.6 Å². The average molecular weight is 425 g/mol. The molecule has 6 heteroatoms. The van der Waals surface area contributed by atoms with E-state index in [0.29, 0.717) is 35.6 Å². The smallest absolute Gasteiger partial charge is 0.257 e. The minimum atomic E-state index is -0.358. The molecular formula is C25H32N2O4. The highest BCUT2D eigenvalue weighted by atomic mass is 16.5. The van der Waals surface area contributed by atoms with Crippen LogP contribution in [0.5, 0.6) is 17.2 Å². The summed E-state index contributed by atoms with van der Waals surface area (Å²) in [5, 5.41) is 2.94. The van der Waals surface area contributed by atoms with E-state index >= 15 is 0 Å². The van der Waals surface area contributed by atoms with E-state index in [1.54, 1.807) is 14.2 Å². The summed E-state index contributed by atoms with van der Waals surface area (Å²) in [6.07, 6.45) is 3.41. The summed E-state index contributed by atoms with van der Waals surface area (Å²) in [5.41, 5.74) is 9.64. The van der Waals surface area contributed by atoms with E-state index < -0.39 is 0 Å². The molecule has 3 N–H and O–H groups in total. The zero-order chi connectivity index (χ0) is 22.4. The van der Waals surface area contributed by atoms with Crippen LogP contribution in [-0.4, -0.2) is 33.3 Å². The van der Waals surface area contributed by atoms with Crippen molar-refractivity contribution in [2.45, 2.75) is 26.3 Å². The Labute approximate surface area is 184 Å². The van der Waals surface area contributed by atoms with Crippen LogP contribution in [0.3, 0.4) is 0 Å². The van der Waals surface area contributed by atoms with Crippen molar-refractivity contribution in [3.05, 3.63) is 65.2 Å². The molecule has 0 aliphatic heterocycles. The molecule has 2 unspecified atom stereocenters. The third-order valence-electron chi connectivity index (χ3n) is 5.68. The molecule has 31 heavy (non-hydrogen) atoms. The highest BCUT2D eigenvalue weighted by Gasteiger charge is 2.20. The van der Waals surface area contributed by atoms with Gasteiger partial charge in [0, 0.05) is 18.2 Å². The van der Waals surface area contributed by atoms with Crippen molar-refractivity contribution >= 4 is 5.91 Å². The summed E-state index contributed by atoms with van der Waals surface area (Å²) in [7, 11) is 3.22. The molecule has 1 amide bonds. The number of amides is 1. The number of methoxy groups -OCH3 is 2. The van der Waals surface area contributed by atoms with Crippen LogP contribution >= 0.6 is 0 Å². The first kappa shape index (κ1) is 22.7. The normalized spacial score (nSPS) is 17.1. The fraction of sp³-hybridized carbons (Fsp3) is 0.400. The monoisotopic (exact) mass is 424 g/mol. The zero-order valence-electron chi connectivity index (χ0n) is 18.7. The first-order chi connectivity index (χ1) is 14.9. The number of carbonyl (C=O) groups excluding carboxylic acids is 1. The van der Waals surface area contributed by atoms with Crippen LogP contribution in [-0.2, 0) is 4.79 Å². The van der Waals surface area contributed by atoms with Gasteiger partial charge in [-0.2, -0.15) is 0 Å². The van der Waals surface area contributed by atoms with Crippen molar-refractivity contribution in [1.29, 1.82) is 0 Å². The van der Waals surface area contributed by atoms with Crippen molar-refractivity contribution in [1.82, 2.24) is 5.32 Å². The van der Waals surface area contributed by atoms with Crippen LogP contribution in [0, 0.1) is 11.8 Å². The van der Waals surface area contributed by atoms with Gasteiger partial charge < -0.3 is 25.3 Å². The third-order valence-corrected chi connectivity index (χ3v) is 5.68. The number of nitrogens with one attached hydrogen (secondary N) is 1. The standard InChI is InChI=1S/C25H32N2O4/c1-16-11-19(12-16)17(2)14-27-24(28)15-31-20-7-5-18(6-8-20)25(26)22-10-9-21(29-3)13-23(22)30-4/h5-11,13,16-17,25H,12,14-15,26H2,1-4H3,(H,27,28)/t16-,17?,25?/m1/s1. The van der Waals surface area contributed by atoms with Gasteiger partial charge in [-0.1, -0.05) is 37.6 Å². The van der Waals surface area contributed by atoms with Gasteiger partial charge in [-0.05, 0) is 48.1 Å². The van der Waals surface area contributed by atoms with Crippen molar-refractivity contribution in [3.8, 4) is 17.2 Å². The Morgan fingerprint density at radius 2 is 1.81 bits per heavy atom. The first-order valence-electron chi connectivity index (χ1n) is 10.6. The lowest BCUT2D eigenvalue weighted by Gasteiger charge is -2.27. The van der Waals surface area contributed by atoms with Gasteiger partial charge in [-0.3, -0.25) is 4.79 Å². The van der Waals surface area contributed by atoms with Gasteiger partial charge in [-0.15, -0.1) is 0 Å². The summed E-state index contributed by atoms with van der Waals surface area (Å²) in [5.74, 6) is 2.92. The zero-order valence-corrected chi connectivity index (χ0v) is 18.7. The van der Waals surface area contributed by atoms with Gasteiger partial charge in [0.1, 0.15) is 17.2 Å². The largest absolute Gasteiger partial charge is 0.497 e. The van der Waals surface area contributed by atoms with Gasteiger partial charge in [0.05, 0.1) is 20.3 Å². The predicted molar refractivity (Wildman–Crippen MR) is 122 cm³/mol. The van der Waals surface area contributed by atoms with Gasteiger partial charge >= 0.3 is 0 Å². The molecule has 0 heterocycles. The quantitative estimate of drug-likeness (QED) is 0.566. The second-order valence-corrected chi connectivity index (χ2v) is 8.07. The topological polar surface area (TPSA) is 82.8 Å². The second kappa shape index (κ2) is 10.4. The van der Waals surface area contributed by atoms with Crippen molar-refractivity contribution in [2.75, 3.05) is 27.4 Å². The van der Waals surface area contributed by atoms with E-state index in [0.717, 1.165) is 17.5 Å². The molecule has 0 fully saturated rings. The summed E-state index contributed by atoms with van der Waals surface area (Å²) in [6, 6.07) is 12.7. The Balaban J connectivity index is 1.52. The second-order valence-electron chi connectivity index (χ2n) is 8.07. The summed E-state index contributed by atoms with van der Waals surface area (Å²) in [6.45, 7) is 4.96. The highest BCUT2D eigenvalue weighted by molar-refractivity contribution is 5.77. The van der Waals surface area contributed by atoms with E-state index in [1.807, 2.05) is 42.5 Å². The maximum absolute atomic E-state index is 12.1. The average Bonchev–Trinajstić information content (AvgIpc) is 2.78. The fourth-order valence-electron chi connectivity index (χ4n) is 3.69. The van der Waals surface area contributed by atoms with E-state index in [2.05, 4.69) is 25.2 Å². The summed E-state index contributed by atoms with van der Waals surface area (Å²) < 4.78 is 16.3. The molecule has 0 saturated heterocycles. The van der Waals surface area contributed by atoms with Crippen molar-refractivity contribution in [2.24, 2.45) is 17.6 Å². The van der Waals surface area contributed by atoms with Crippen molar-refractivity contribution in [3.63, 3.8) is 0 Å². The molecule has 2 aromatic rings. The van der Waals surface area contributed by atoms with E-state index in [1.165, 1.54) is 5.57 Å². The summed E-state index contributed by atoms with van der Waals surface area (Å²) in [4.78, 5) is 12.1. The molecule has 6 nitrogen and oxygen atoms in total. The van der Waals surface area contributed by atoms with E-state index in [9.17, 15) is 4.79 Å². The Morgan fingerprint density at radius 1 is 1.13 bits per heavy atom. The Bertz CT molecular complexity index is 924. The van der Waals surface area contributed by atoms with Crippen LogP contribution in [0.15, 0.2) is 54.1 Å². The number of hydrogen-bond donors (Lipinski definition) is 2. The van der Waals surface area contributed by atoms with Crippen LogP contribution < -0.4 is 25.3 Å². The molecule has 2 aromatic carbocycles. The van der Waals surface area contributed by atoms with Gasteiger partial charge in [0.15, 0.2) is 6.61 Å². The molecule has 0 radical (unpaired) electrons. The summed E-state index contributed by atoms with van der Waals surface area (Å²) >= 11 is 0. The maximum atomic E-state index is 12.1. The third kappa shape index (κ3) is 5.79. The Kier molecular flexibility index (Phi) is 7.58. The molecular weight excluding hydrogens is 392 g/mol. The fourth-order valence-corrected chi connectivity index (χ4v) is 3.69. The van der Waals surface area contributed by atoms with Gasteiger partial charge in [-0.25, -0.2) is 0 Å². The molecule has 1 aliphatic carbocycles. The molecule has 0 spiro atoms. The number of rotatable bonds is 10.